The summed E-state index contributed by atoms with van der Waals surface area (Å²) in [6.45, 7) is 10.6. The van der Waals surface area contributed by atoms with Crippen LogP contribution in [0, 0.1) is 29.1 Å². The number of carbonyl (C=O) groups excluding carboxylic acids is 5. The van der Waals surface area contributed by atoms with Crippen LogP contribution in [-0.4, -0.2) is 93.1 Å². The molecule has 0 unspecified atom stereocenters. The van der Waals surface area contributed by atoms with Crippen LogP contribution in [0.15, 0.2) is 60.7 Å². The molecule has 3 aromatic rings. The zero-order chi connectivity index (χ0) is 46.6. The molecule has 2 aliphatic rings. The monoisotopic (exact) mass is 878 g/mol. The molecular formula is C50H67N7O7. The minimum Gasteiger partial charge on any atom is -0.492 e. The van der Waals surface area contributed by atoms with Gasteiger partial charge in [0.2, 0.25) is 11.8 Å². The van der Waals surface area contributed by atoms with E-state index in [-0.39, 0.29) is 94.3 Å². The fraction of sp³-hybridized carbons (Fsp3) is 0.520. The van der Waals surface area contributed by atoms with Crippen molar-refractivity contribution in [2.45, 2.75) is 96.6 Å². The van der Waals surface area contributed by atoms with Crippen molar-refractivity contribution in [3.05, 3.63) is 77.4 Å². The number of likely N-dealkylation sites (N-methyl/N-ethyl adjacent to an activating group) is 1. The summed E-state index contributed by atoms with van der Waals surface area (Å²) in [5, 5.41) is 12.1. The Bertz CT molecular complexity index is 2150. The highest BCUT2D eigenvalue weighted by atomic mass is 16.5. The SMILES string of the molecule is C[C@@H]1CC(=O)[C@@H](N(C)C(=O)[C@H](CCN)CC(=O)C2CCN(c3ccc(C(C)(C)C)cc3)CC2)c2ccc(OCCN)c(c2)-c2cc(ccc2OCCN)C[C@@H](C(=O)CCC#N)NC1=O. The third-order valence-corrected chi connectivity index (χ3v) is 12.4. The van der Waals surface area contributed by atoms with Crippen LogP contribution in [0.25, 0.3) is 11.1 Å². The van der Waals surface area contributed by atoms with Gasteiger partial charge in [-0.05, 0) is 90.7 Å². The lowest BCUT2D eigenvalue weighted by Gasteiger charge is -2.35. The van der Waals surface area contributed by atoms with Crippen LogP contribution in [-0.2, 0) is 35.8 Å². The Morgan fingerprint density at radius 3 is 2.09 bits per heavy atom. The van der Waals surface area contributed by atoms with Crippen LogP contribution < -0.4 is 36.9 Å². The number of benzene rings is 3. The lowest BCUT2D eigenvalue weighted by molar-refractivity contribution is -0.144. The molecule has 1 fully saturated rings. The van der Waals surface area contributed by atoms with Crippen LogP contribution in [0.1, 0.15) is 95.4 Å². The Morgan fingerprint density at radius 2 is 1.50 bits per heavy atom. The summed E-state index contributed by atoms with van der Waals surface area (Å²) >= 11 is 0. The van der Waals surface area contributed by atoms with Crippen molar-refractivity contribution in [2.24, 2.45) is 35.0 Å². The number of nitrogens with one attached hydrogen (secondary N) is 1. The molecule has 0 aliphatic carbocycles. The van der Waals surface area contributed by atoms with E-state index >= 15 is 0 Å². The van der Waals surface area contributed by atoms with Gasteiger partial charge >= 0.3 is 0 Å². The van der Waals surface area contributed by atoms with Gasteiger partial charge in [-0.15, -0.1) is 0 Å². The van der Waals surface area contributed by atoms with E-state index < -0.39 is 41.5 Å². The van der Waals surface area contributed by atoms with Crippen LogP contribution in [0.2, 0.25) is 0 Å². The predicted molar refractivity (Wildman–Crippen MR) is 248 cm³/mol. The molecule has 7 N–H and O–H groups in total. The number of piperidine rings is 1. The average Bonchev–Trinajstić information content (AvgIpc) is 3.28. The van der Waals surface area contributed by atoms with E-state index in [1.54, 1.807) is 44.3 Å². The van der Waals surface area contributed by atoms with Gasteiger partial charge in [0.15, 0.2) is 11.6 Å². The number of amides is 2. The van der Waals surface area contributed by atoms with Crippen LogP contribution >= 0.6 is 0 Å². The van der Waals surface area contributed by atoms with Crippen molar-refractivity contribution in [3.63, 3.8) is 0 Å². The van der Waals surface area contributed by atoms with E-state index in [4.69, 9.17) is 26.7 Å². The lowest BCUT2D eigenvalue weighted by Crippen LogP contribution is -2.46. The minimum absolute atomic E-state index is 0.00184. The highest BCUT2D eigenvalue weighted by Crippen LogP contribution is 2.41. The summed E-state index contributed by atoms with van der Waals surface area (Å²) in [7, 11) is 1.55. The Morgan fingerprint density at radius 1 is 0.875 bits per heavy atom. The van der Waals surface area contributed by atoms with Gasteiger partial charge in [0.05, 0.1) is 12.1 Å². The van der Waals surface area contributed by atoms with Crippen molar-refractivity contribution in [1.82, 2.24) is 10.2 Å². The second-order valence-electron chi connectivity index (χ2n) is 18.2. The number of nitrogens with zero attached hydrogens (tertiary/aromatic N) is 3. The topological polar surface area (TPSA) is 224 Å². The molecule has 4 atom stereocenters. The summed E-state index contributed by atoms with van der Waals surface area (Å²) in [5.74, 6) is -2.65. The molecule has 3 aromatic carbocycles. The molecule has 0 saturated carbocycles. The summed E-state index contributed by atoms with van der Waals surface area (Å²) in [5.41, 5.74) is 22.5. The number of nitriles is 1. The van der Waals surface area contributed by atoms with Gasteiger partial charge in [0.1, 0.15) is 36.5 Å². The minimum atomic E-state index is -1.18. The molecule has 4 bridgehead atoms. The lowest BCUT2D eigenvalue weighted by atomic mass is 9.84. The third-order valence-electron chi connectivity index (χ3n) is 12.4. The molecule has 2 amide bonds. The second-order valence-corrected chi connectivity index (χ2v) is 18.2. The molecule has 0 spiro atoms. The molecule has 64 heavy (non-hydrogen) atoms. The van der Waals surface area contributed by atoms with Gasteiger partial charge in [-0.1, -0.05) is 52.0 Å². The number of ketones is 3. The summed E-state index contributed by atoms with van der Waals surface area (Å²) in [4.78, 5) is 74.4. The van der Waals surface area contributed by atoms with E-state index in [9.17, 15) is 29.2 Å². The standard InChI is InChI=1S/C50H67N7O7/c1-32-27-44(60)47(56(5)49(62)36(16-20-52)31-43(59)34-17-23-57(24-18-34)38-12-10-37(11-13-38)50(2,3)4)35-9-15-46(64-26-22-54)40(30-35)39-28-33(8-14-45(39)63-25-21-53)29-41(55-48(32)61)42(58)7-6-19-51/h8-15,28,30,32,34,36,41,47H,6-7,16-18,20-27,29,31,52-54H2,1-5H3,(H,55,61)/t32-,36-,41+,47+/m1/s1. The number of fused-ring (bicyclic) bond motifs is 5. The Balaban J connectivity index is 1.49. The maximum Gasteiger partial charge on any atom is 0.226 e. The maximum atomic E-state index is 14.7. The molecule has 2 heterocycles. The first-order valence-electron chi connectivity index (χ1n) is 22.6. The van der Waals surface area contributed by atoms with Gasteiger partial charge in [-0.3, -0.25) is 24.0 Å². The van der Waals surface area contributed by atoms with Gasteiger partial charge in [0.25, 0.3) is 0 Å². The molecule has 1 saturated heterocycles. The number of Topliss-reactive ketones (excluding diaryl/α,β-unsaturated/α-hetero) is 3. The molecular weight excluding hydrogens is 811 g/mol. The highest BCUT2D eigenvalue weighted by molar-refractivity contribution is 5.96. The Labute approximate surface area is 378 Å². The average molecular weight is 878 g/mol. The van der Waals surface area contributed by atoms with E-state index in [0.717, 1.165) is 5.69 Å². The number of hydrogen-bond acceptors (Lipinski definition) is 12. The highest BCUT2D eigenvalue weighted by Gasteiger charge is 2.37. The number of anilines is 1. The Hall–Kier alpha value is -5.62. The summed E-state index contributed by atoms with van der Waals surface area (Å²) in [6.07, 6.45) is 1.31. The molecule has 344 valence electrons. The molecule has 0 radical (unpaired) electrons. The number of ether oxygens (including phenoxy) is 2. The van der Waals surface area contributed by atoms with Crippen LogP contribution in [0.3, 0.4) is 0 Å². The van der Waals surface area contributed by atoms with Gasteiger partial charge in [-0.2, -0.15) is 5.26 Å². The number of rotatable bonds is 17. The zero-order valence-electron chi connectivity index (χ0n) is 38.2. The molecule has 2 aliphatic heterocycles. The van der Waals surface area contributed by atoms with Crippen molar-refractivity contribution >= 4 is 34.9 Å². The fourth-order valence-corrected chi connectivity index (χ4v) is 8.68. The van der Waals surface area contributed by atoms with Gasteiger partial charge in [0, 0.05) is 93.5 Å². The first kappa shape index (κ1) is 49.4. The Kier molecular flexibility index (Phi) is 17.6. The predicted octanol–water partition coefficient (Wildman–Crippen LogP) is 5.18. The van der Waals surface area contributed by atoms with Crippen LogP contribution in [0.4, 0.5) is 5.69 Å². The smallest absolute Gasteiger partial charge is 0.226 e. The summed E-state index contributed by atoms with van der Waals surface area (Å²) in [6, 6.07) is 19.1. The third kappa shape index (κ3) is 12.5. The van der Waals surface area contributed by atoms with Gasteiger partial charge in [-0.25, -0.2) is 0 Å². The quantitative estimate of drug-likeness (QED) is 0.138. The molecule has 5 rings (SSSR count). The van der Waals surface area contributed by atoms with E-state index in [2.05, 4.69) is 55.3 Å². The first-order valence-corrected chi connectivity index (χ1v) is 22.6. The van der Waals surface area contributed by atoms with E-state index in [1.807, 2.05) is 12.1 Å². The maximum absolute atomic E-state index is 14.7. The first-order chi connectivity index (χ1) is 30.6. The van der Waals surface area contributed by atoms with Crippen molar-refractivity contribution in [1.29, 1.82) is 5.26 Å². The largest absolute Gasteiger partial charge is 0.492 e. The number of hydrogen-bond donors (Lipinski definition) is 4. The zero-order valence-corrected chi connectivity index (χ0v) is 38.2. The second kappa shape index (κ2) is 22.8. The van der Waals surface area contributed by atoms with E-state index in [1.165, 1.54) is 10.5 Å². The van der Waals surface area contributed by atoms with Crippen molar-refractivity contribution in [2.75, 3.05) is 57.9 Å². The van der Waals surface area contributed by atoms with E-state index in [0.29, 0.717) is 59.7 Å². The van der Waals surface area contributed by atoms with Gasteiger partial charge < -0.3 is 41.8 Å². The summed E-state index contributed by atoms with van der Waals surface area (Å²) < 4.78 is 12.3. The van der Waals surface area contributed by atoms with Crippen molar-refractivity contribution < 1.29 is 33.4 Å². The fourth-order valence-electron chi connectivity index (χ4n) is 8.68. The molecule has 14 nitrogen and oxygen atoms in total. The normalized spacial score (nSPS) is 18.9. The van der Waals surface area contributed by atoms with Crippen molar-refractivity contribution in [3.8, 4) is 28.7 Å². The molecule has 14 heteroatoms. The van der Waals surface area contributed by atoms with Crippen LogP contribution in [0.5, 0.6) is 11.5 Å². The number of nitrogens with two attached hydrogens (primary N) is 3. The number of carbonyl (C=O) groups is 5. The molecule has 0 aromatic heterocycles.